The summed E-state index contributed by atoms with van der Waals surface area (Å²) in [6.45, 7) is 4.30. The highest BCUT2D eigenvalue weighted by atomic mass is 16.7. The Morgan fingerprint density at radius 1 is 1.35 bits per heavy atom. The minimum atomic E-state index is -1.08. The number of aliphatic hydroxyl groups excluding tert-OH is 1. The summed E-state index contributed by atoms with van der Waals surface area (Å²) in [5.74, 6) is -1.08. The van der Waals surface area contributed by atoms with E-state index in [1.807, 2.05) is 6.92 Å². The van der Waals surface area contributed by atoms with Gasteiger partial charge < -0.3 is 25.1 Å². The van der Waals surface area contributed by atoms with Gasteiger partial charge in [0.1, 0.15) is 6.23 Å². The van der Waals surface area contributed by atoms with E-state index in [9.17, 15) is 5.11 Å². The maximum Gasteiger partial charge on any atom is 0.190 e. The Bertz CT molecular complexity index is 190. The van der Waals surface area contributed by atoms with Gasteiger partial charge in [-0.25, -0.2) is 0 Å². The van der Waals surface area contributed by atoms with Crippen molar-refractivity contribution < 1.29 is 19.3 Å². The van der Waals surface area contributed by atoms with Crippen molar-refractivity contribution in [3.63, 3.8) is 0 Å². The predicted octanol–water partition coefficient (Wildman–Crippen LogP) is -1.23. The molecule has 0 fully saturated rings. The topological polar surface area (TPSA) is 98.0 Å². The SMILES string of the molecule is CCNC(OC(C)(CO)OC)C(N)NCOC. The molecule has 0 aliphatic heterocycles. The van der Waals surface area contributed by atoms with Gasteiger partial charge in [-0.15, -0.1) is 0 Å². The largest absolute Gasteiger partial charge is 0.391 e. The van der Waals surface area contributed by atoms with Crippen LogP contribution in [0.25, 0.3) is 0 Å². The molecule has 3 unspecified atom stereocenters. The molecule has 0 radical (unpaired) electrons. The van der Waals surface area contributed by atoms with E-state index >= 15 is 0 Å². The molecular weight excluding hydrogens is 226 g/mol. The van der Waals surface area contributed by atoms with E-state index in [4.69, 9.17) is 19.9 Å². The number of nitrogens with two attached hydrogens (primary N) is 1. The van der Waals surface area contributed by atoms with E-state index in [1.165, 1.54) is 7.11 Å². The molecule has 0 amide bonds. The highest BCUT2D eigenvalue weighted by Gasteiger charge is 2.30. The van der Waals surface area contributed by atoms with Gasteiger partial charge in [-0.05, 0) is 13.5 Å². The zero-order chi connectivity index (χ0) is 13.3. The molecule has 0 rings (SSSR count). The first-order valence-electron chi connectivity index (χ1n) is 5.58. The van der Waals surface area contributed by atoms with Crippen LogP contribution in [0.3, 0.4) is 0 Å². The van der Waals surface area contributed by atoms with Crippen LogP contribution < -0.4 is 16.4 Å². The van der Waals surface area contributed by atoms with Gasteiger partial charge in [0.2, 0.25) is 0 Å². The number of nitrogens with one attached hydrogen (secondary N) is 2. The maximum absolute atomic E-state index is 9.20. The standard InChI is InChI=1S/C10H25N3O4/c1-5-12-9(8(11)13-7-15-3)17-10(2,6-14)16-4/h8-9,12-14H,5-7,11H2,1-4H3. The molecule has 7 nitrogen and oxygen atoms in total. The predicted molar refractivity (Wildman–Crippen MR) is 64.0 cm³/mol. The van der Waals surface area contributed by atoms with Crippen molar-refractivity contribution >= 4 is 0 Å². The monoisotopic (exact) mass is 251 g/mol. The lowest BCUT2D eigenvalue weighted by atomic mass is 10.3. The molecule has 0 aromatic carbocycles. The first-order chi connectivity index (χ1) is 8.02. The number of methoxy groups -OCH3 is 2. The van der Waals surface area contributed by atoms with Crippen molar-refractivity contribution in [1.29, 1.82) is 0 Å². The Morgan fingerprint density at radius 2 is 2.00 bits per heavy atom. The summed E-state index contributed by atoms with van der Waals surface area (Å²) in [5, 5.41) is 15.2. The zero-order valence-electron chi connectivity index (χ0n) is 11.0. The summed E-state index contributed by atoms with van der Waals surface area (Å²) in [7, 11) is 3.03. The fourth-order valence-electron chi connectivity index (χ4n) is 1.15. The summed E-state index contributed by atoms with van der Waals surface area (Å²) in [4.78, 5) is 0. The fraction of sp³-hybridized carbons (Fsp3) is 1.00. The highest BCUT2D eigenvalue weighted by molar-refractivity contribution is 4.72. The van der Waals surface area contributed by atoms with Gasteiger partial charge in [0.25, 0.3) is 0 Å². The lowest BCUT2D eigenvalue weighted by molar-refractivity contribution is -0.261. The van der Waals surface area contributed by atoms with Gasteiger partial charge in [-0.1, -0.05) is 6.92 Å². The molecule has 5 N–H and O–H groups in total. The third-order valence-electron chi connectivity index (χ3n) is 2.29. The van der Waals surface area contributed by atoms with Crippen molar-refractivity contribution in [3.05, 3.63) is 0 Å². The molecule has 0 aromatic rings. The third-order valence-corrected chi connectivity index (χ3v) is 2.29. The Morgan fingerprint density at radius 3 is 2.41 bits per heavy atom. The van der Waals surface area contributed by atoms with Gasteiger partial charge in [0.15, 0.2) is 5.79 Å². The number of aliphatic hydroxyl groups is 1. The van der Waals surface area contributed by atoms with Gasteiger partial charge in [-0.2, -0.15) is 0 Å². The lowest BCUT2D eigenvalue weighted by Crippen LogP contribution is -2.58. The van der Waals surface area contributed by atoms with Crippen LogP contribution in [0.1, 0.15) is 13.8 Å². The molecule has 0 saturated heterocycles. The van der Waals surface area contributed by atoms with E-state index in [-0.39, 0.29) is 6.61 Å². The number of ether oxygens (including phenoxy) is 3. The molecule has 0 aliphatic carbocycles. The summed E-state index contributed by atoms with van der Waals surface area (Å²) in [6.07, 6.45) is -0.969. The van der Waals surface area contributed by atoms with Crippen molar-refractivity contribution in [3.8, 4) is 0 Å². The molecule has 0 aliphatic rings. The van der Waals surface area contributed by atoms with Gasteiger partial charge in [0.05, 0.1) is 19.5 Å². The van der Waals surface area contributed by atoms with Crippen LogP contribution in [0.15, 0.2) is 0 Å². The molecule has 17 heavy (non-hydrogen) atoms. The van der Waals surface area contributed by atoms with Crippen molar-refractivity contribution in [1.82, 2.24) is 10.6 Å². The summed E-state index contributed by atoms with van der Waals surface area (Å²) < 4.78 is 15.6. The lowest BCUT2D eigenvalue weighted by Gasteiger charge is -2.34. The van der Waals surface area contributed by atoms with E-state index in [1.54, 1.807) is 14.0 Å². The van der Waals surface area contributed by atoms with Crippen LogP contribution in [-0.4, -0.2) is 57.4 Å². The van der Waals surface area contributed by atoms with Gasteiger partial charge in [0, 0.05) is 14.2 Å². The smallest absolute Gasteiger partial charge is 0.190 e. The number of hydrogen-bond acceptors (Lipinski definition) is 7. The Hall–Kier alpha value is -0.280. The molecule has 0 bridgehead atoms. The summed E-state index contributed by atoms with van der Waals surface area (Å²) in [5.41, 5.74) is 5.89. The first kappa shape index (κ1) is 16.7. The second-order valence-corrected chi connectivity index (χ2v) is 3.76. The Kier molecular flexibility index (Phi) is 8.61. The number of likely N-dealkylation sites (N-methyl/N-ethyl adjacent to an activating group) is 1. The molecule has 3 atom stereocenters. The molecule has 0 saturated carbocycles. The van der Waals surface area contributed by atoms with E-state index in [0.717, 1.165) is 0 Å². The van der Waals surface area contributed by atoms with Crippen LogP contribution in [0, 0.1) is 0 Å². The third kappa shape index (κ3) is 6.27. The number of rotatable bonds is 10. The minimum absolute atomic E-state index is 0.262. The molecule has 0 aromatic heterocycles. The molecule has 0 spiro atoms. The van der Waals surface area contributed by atoms with E-state index in [2.05, 4.69) is 10.6 Å². The van der Waals surface area contributed by atoms with Crippen LogP contribution >= 0.6 is 0 Å². The Balaban J connectivity index is 4.39. The second-order valence-electron chi connectivity index (χ2n) is 3.76. The van der Waals surface area contributed by atoms with Crippen molar-refractivity contribution in [2.24, 2.45) is 5.73 Å². The molecule has 0 heterocycles. The van der Waals surface area contributed by atoms with Crippen LogP contribution in [0.2, 0.25) is 0 Å². The van der Waals surface area contributed by atoms with Crippen LogP contribution in [0.4, 0.5) is 0 Å². The number of hydrogen-bond donors (Lipinski definition) is 4. The van der Waals surface area contributed by atoms with Gasteiger partial charge in [-0.3, -0.25) is 10.6 Å². The maximum atomic E-state index is 9.20. The van der Waals surface area contributed by atoms with E-state index in [0.29, 0.717) is 13.3 Å². The Labute approximate surface area is 103 Å². The average molecular weight is 251 g/mol. The minimum Gasteiger partial charge on any atom is -0.391 e. The molecular formula is C10H25N3O4. The zero-order valence-corrected chi connectivity index (χ0v) is 11.0. The van der Waals surface area contributed by atoms with Crippen molar-refractivity contribution in [2.75, 3.05) is 34.1 Å². The quantitative estimate of drug-likeness (QED) is 0.361. The van der Waals surface area contributed by atoms with Gasteiger partial charge >= 0.3 is 0 Å². The summed E-state index contributed by atoms with van der Waals surface area (Å²) >= 11 is 0. The van der Waals surface area contributed by atoms with Crippen molar-refractivity contribution in [2.45, 2.75) is 32.0 Å². The fourth-order valence-corrected chi connectivity index (χ4v) is 1.15. The van der Waals surface area contributed by atoms with Crippen LogP contribution in [0.5, 0.6) is 0 Å². The summed E-state index contributed by atoms with van der Waals surface area (Å²) in [6, 6.07) is 0. The average Bonchev–Trinajstić information content (AvgIpc) is 2.35. The molecule has 7 heteroatoms. The van der Waals surface area contributed by atoms with Crippen LogP contribution in [-0.2, 0) is 14.2 Å². The van der Waals surface area contributed by atoms with E-state index < -0.39 is 18.2 Å². The normalized spacial score (nSPS) is 18.7. The highest BCUT2D eigenvalue weighted by Crippen LogP contribution is 2.13. The second kappa shape index (κ2) is 8.76. The first-order valence-corrected chi connectivity index (χ1v) is 5.58. The molecule has 104 valence electrons.